The third-order valence-corrected chi connectivity index (χ3v) is 4.49. The summed E-state index contributed by atoms with van der Waals surface area (Å²) < 4.78 is 0. The highest BCUT2D eigenvalue weighted by Crippen LogP contribution is 2.21. The Bertz CT molecular complexity index is 634. The Hall–Kier alpha value is -1.63. The lowest BCUT2D eigenvalue weighted by atomic mass is 10.3. The summed E-state index contributed by atoms with van der Waals surface area (Å²) in [7, 11) is 0. The third kappa shape index (κ3) is 3.47. The minimum absolute atomic E-state index is 0.786. The van der Waals surface area contributed by atoms with Crippen LogP contribution < -0.4 is 5.32 Å². The van der Waals surface area contributed by atoms with Crippen LogP contribution in [-0.4, -0.2) is 21.5 Å². The quantitative estimate of drug-likeness (QED) is 0.711. The molecule has 3 heterocycles. The molecule has 1 N–H and O–H groups in total. The van der Waals surface area contributed by atoms with Crippen molar-refractivity contribution < 1.29 is 0 Å². The van der Waals surface area contributed by atoms with Gasteiger partial charge in [0.2, 0.25) is 0 Å². The van der Waals surface area contributed by atoms with E-state index in [2.05, 4.69) is 25.6 Å². The minimum Gasteiger partial charge on any atom is -0.311 e. The summed E-state index contributed by atoms with van der Waals surface area (Å²) in [6.07, 6.45) is 4.61. The molecule has 0 atom stereocenters. The predicted octanol–water partition coefficient (Wildman–Crippen LogP) is 2.99. The fraction of sp³-hybridized carbons (Fsp3) is 0.214. The second-order valence-corrected chi connectivity index (χ2v) is 6.05. The zero-order valence-corrected chi connectivity index (χ0v) is 12.5. The van der Waals surface area contributed by atoms with Crippen molar-refractivity contribution in [3.63, 3.8) is 0 Å². The molecule has 0 aromatic carbocycles. The van der Waals surface area contributed by atoms with Crippen molar-refractivity contribution in [2.24, 2.45) is 0 Å². The smallest absolute Gasteiger partial charge is 0.142 e. The van der Waals surface area contributed by atoms with E-state index in [1.54, 1.807) is 28.9 Å². The van der Waals surface area contributed by atoms with E-state index >= 15 is 0 Å². The highest BCUT2D eigenvalue weighted by molar-refractivity contribution is 7.13. The van der Waals surface area contributed by atoms with Gasteiger partial charge >= 0.3 is 0 Å². The molecule has 0 aliphatic rings. The first kappa shape index (κ1) is 13.4. The van der Waals surface area contributed by atoms with Crippen LogP contribution in [0, 0.1) is 0 Å². The fourth-order valence-electron chi connectivity index (χ4n) is 1.78. The number of hydrogen-bond acceptors (Lipinski definition) is 6. The SMILES string of the molecule is c1ccc(-c2nc(CNCCc3nccs3)cs2)nc1. The molecule has 0 saturated heterocycles. The van der Waals surface area contributed by atoms with Crippen LogP contribution in [0.1, 0.15) is 10.7 Å². The van der Waals surface area contributed by atoms with Crippen molar-refractivity contribution >= 4 is 22.7 Å². The zero-order chi connectivity index (χ0) is 13.6. The van der Waals surface area contributed by atoms with E-state index in [1.165, 1.54) is 5.01 Å². The van der Waals surface area contributed by atoms with E-state index in [0.29, 0.717) is 0 Å². The Morgan fingerprint density at radius 1 is 1.10 bits per heavy atom. The van der Waals surface area contributed by atoms with Gasteiger partial charge in [0.05, 0.1) is 16.4 Å². The lowest BCUT2D eigenvalue weighted by Gasteiger charge is -2.00. The van der Waals surface area contributed by atoms with Gasteiger partial charge in [0.15, 0.2) is 0 Å². The van der Waals surface area contributed by atoms with Gasteiger partial charge in [0.1, 0.15) is 5.01 Å². The van der Waals surface area contributed by atoms with Crippen molar-refractivity contribution in [3.8, 4) is 10.7 Å². The van der Waals surface area contributed by atoms with Gasteiger partial charge < -0.3 is 5.32 Å². The molecule has 0 unspecified atom stereocenters. The van der Waals surface area contributed by atoms with Gasteiger partial charge in [0.25, 0.3) is 0 Å². The monoisotopic (exact) mass is 302 g/mol. The maximum atomic E-state index is 4.60. The first-order valence-electron chi connectivity index (χ1n) is 6.37. The summed E-state index contributed by atoms with van der Waals surface area (Å²) in [6, 6.07) is 5.88. The zero-order valence-electron chi connectivity index (χ0n) is 10.8. The molecular weight excluding hydrogens is 288 g/mol. The predicted molar refractivity (Wildman–Crippen MR) is 82.9 cm³/mol. The van der Waals surface area contributed by atoms with Gasteiger partial charge in [-0.05, 0) is 12.1 Å². The fourth-order valence-corrected chi connectivity index (χ4v) is 3.20. The first-order chi connectivity index (χ1) is 9.92. The molecule has 0 saturated carbocycles. The third-order valence-electron chi connectivity index (χ3n) is 2.74. The number of pyridine rings is 1. The van der Waals surface area contributed by atoms with Gasteiger partial charge in [0, 0.05) is 42.7 Å². The van der Waals surface area contributed by atoms with Gasteiger partial charge in [-0.15, -0.1) is 22.7 Å². The Balaban J connectivity index is 1.50. The topological polar surface area (TPSA) is 50.7 Å². The van der Waals surface area contributed by atoms with Crippen LogP contribution in [0.3, 0.4) is 0 Å². The summed E-state index contributed by atoms with van der Waals surface area (Å²) in [5.74, 6) is 0. The molecule has 3 aromatic rings. The normalized spacial score (nSPS) is 10.8. The lowest BCUT2D eigenvalue weighted by molar-refractivity contribution is 0.676. The van der Waals surface area contributed by atoms with E-state index in [4.69, 9.17) is 0 Å². The molecule has 6 heteroatoms. The Kier molecular flexibility index (Phi) is 4.47. The number of aromatic nitrogens is 3. The molecule has 3 rings (SSSR count). The van der Waals surface area contributed by atoms with Crippen molar-refractivity contribution in [1.82, 2.24) is 20.3 Å². The van der Waals surface area contributed by atoms with Crippen LogP contribution in [0.25, 0.3) is 10.7 Å². The van der Waals surface area contributed by atoms with Crippen LogP contribution >= 0.6 is 22.7 Å². The maximum absolute atomic E-state index is 4.60. The molecule has 0 aliphatic heterocycles. The summed E-state index contributed by atoms with van der Waals surface area (Å²) >= 11 is 3.33. The Labute approximate surface area is 125 Å². The summed E-state index contributed by atoms with van der Waals surface area (Å²) in [4.78, 5) is 13.2. The van der Waals surface area contributed by atoms with Crippen molar-refractivity contribution in [1.29, 1.82) is 0 Å². The molecule has 3 aromatic heterocycles. The molecule has 20 heavy (non-hydrogen) atoms. The number of thiazole rings is 2. The largest absolute Gasteiger partial charge is 0.311 e. The van der Waals surface area contributed by atoms with Crippen molar-refractivity contribution in [2.45, 2.75) is 13.0 Å². The number of rotatable bonds is 6. The second-order valence-electron chi connectivity index (χ2n) is 4.21. The van der Waals surface area contributed by atoms with Crippen LogP contribution in [0.5, 0.6) is 0 Å². The van der Waals surface area contributed by atoms with Crippen molar-refractivity contribution in [2.75, 3.05) is 6.54 Å². The number of hydrogen-bond donors (Lipinski definition) is 1. The molecule has 0 fully saturated rings. The van der Waals surface area contributed by atoms with E-state index in [0.717, 1.165) is 35.9 Å². The summed E-state index contributed by atoms with van der Waals surface area (Å²) in [6.45, 7) is 1.71. The molecule has 0 spiro atoms. The van der Waals surface area contributed by atoms with Gasteiger partial charge in [-0.3, -0.25) is 4.98 Å². The summed E-state index contributed by atoms with van der Waals surface area (Å²) in [5.41, 5.74) is 2.00. The molecule has 102 valence electrons. The Morgan fingerprint density at radius 2 is 2.10 bits per heavy atom. The molecule has 0 aliphatic carbocycles. The molecule has 0 amide bonds. The standard InChI is InChI=1S/C14H14N4S2/c1-2-5-16-12(3-1)14-18-11(10-20-14)9-15-6-4-13-17-7-8-19-13/h1-3,5,7-8,10,15H,4,6,9H2. The van der Waals surface area contributed by atoms with E-state index < -0.39 is 0 Å². The maximum Gasteiger partial charge on any atom is 0.142 e. The lowest BCUT2D eigenvalue weighted by Crippen LogP contribution is -2.16. The van der Waals surface area contributed by atoms with Crippen molar-refractivity contribution in [3.05, 3.63) is 52.1 Å². The minimum atomic E-state index is 0.786. The van der Waals surface area contributed by atoms with Gasteiger partial charge in [-0.25, -0.2) is 9.97 Å². The number of nitrogens with one attached hydrogen (secondary N) is 1. The van der Waals surface area contributed by atoms with Crippen LogP contribution in [-0.2, 0) is 13.0 Å². The second kappa shape index (κ2) is 6.69. The van der Waals surface area contributed by atoms with E-state index in [-0.39, 0.29) is 0 Å². The molecule has 0 bridgehead atoms. The Morgan fingerprint density at radius 3 is 2.90 bits per heavy atom. The average Bonchev–Trinajstić information content (AvgIpc) is 3.16. The number of nitrogens with zero attached hydrogens (tertiary/aromatic N) is 3. The van der Waals surface area contributed by atoms with E-state index in [9.17, 15) is 0 Å². The van der Waals surface area contributed by atoms with Gasteiger partial charge in [-0.2, -0.15) is 0 Å². The molecule has 4 nitrogen and oxygen atoms in total. The first-order valence-corrected chi connectivity index (χ1v) is 8.12. The van der Waals surface area contributed by atoms with Crippen LogP contribution in [0.4, 0.5) is 0 Å². The van der Waals surface area contributed by atoms with Crippen LogP contribution in [0.2, 0.25) is 0 Å². The summed E-state index contributed by atoms with van der Waals surface area (Å²) in [5, 5.41) is 9.63. The highest BCUT2D eigenvalue weighted by Gasteiger charge is 2.05. The van der Waals surface area contributed by atoms with Gasteiger partial charge in [-0.1, -0.05) is 6.07 Å². The molecule has 0 radical (unpaired) electrons. The van der Waals surface area contributed by atoms with E-state index in [1.807, 2.05) is 29.8 Å². The molecular formula is C14H14N4S2. The highest BCUT2D eigenvalue weighted by atomic mass is 32.1. The average molecular weight is 302 g/mol. The van der Waals surface area contributed by atoms with Crippen LogP contribution in [0.15, 0.2) is 41.4 Å².